The number of hydrogen-bond acceptors (Lipinski definition) is 5. The molecule has 0 aliphatic carbocycles. The second-order valence-electron chi connectivity index (χ2n) is 2.78. The predicted octanol–water partition coefficient (Wildman–Crippen LogP) is 2.08. The Hall–Kier alpha value is -1.23. The van der Waals surface area contributed by atoms with E-state index in [4.69, 9.17) is 0 Å². The average Bonchev–Trinajstić information content (AvgIpc) is 2.31. The highest BCUT2D eigenvalue weighted by molar-refractivity contribution is 6.05. The summed E-state index contributed by atoms with van der Waals surface area (Å²) in [7, 11) is 0. The Morgan fingerprint density at radius 1 is 1.00 bits per heavy atom. The normalized spacial score (nSPS) is 14.9. The molecule has 5 nitrogen and oxygen atoms in total. The fraction of sp³-hybridized carbons (Fsp3) is 0.429. The van der Waals surface area contributed by atoms with Crippen LogP contribution in [0.15, 0.2) is 14.6 Å². The van der Waals surface area contributed by atoms with Gasteiger partial charge in [-0.15, -0.1) is 12.4 Å². The van der Waals surface area contributed by atoms with Crippen LogP contribution >= 0.6 is 12.4 Å². The van der Waals surface area contributed by atoms with Crippen LogP contribution in [0.1, 0.15) is 20.3 Å². The van der Waals surface area contributed by atoms with Crippen LogP contribution in [-0.2, 0) is 0 Å². The Morgan fingerprint density at radius 2 is 1.46 bits per heavy atom. The SMILES string of the molecule is CC1=Nc2nonc2N=C(C)C1.Cl. The van der Waals surface area contributed by atoms with Crippen LogP contribution in [0.2, 0.25) is 0 Å². The Bertz CT molecular complexity index is 336. The summed E-state index contributed by atoms with van der Waals surface area (Å²) in [5, 5.41) is 7.24. The van der Waals surface area contributed by atoms with Crippen LogP contribution in [0.3, 0.4) is 0 Å². The van der Waals surface area contributed by atoms with Gasteiger partial charge in [0.05, 0.1) is 0 Å². The maximum absolute atomic E-state index is 4.51. The van der Waals surface area contributed by atoms with E-state index in [-0.39, 0.29) is 12.4 Å². The molecule has 0 saturated carbocycles. The molecule has 0 aromatic carbocycles. The maximum atomic E-state index is 4.51. The van der Waals surface area contributed by atoms with Gasteiger partial charge in [0, 0.05) is 17.8 Å². The first kappa shape index (κ1) is 9.85. The van der Waals surface area contributed by atoms with E-state index in [0.29, 0.717) is 11.6 Å². The molecule has 0 radical (unpaired) electrons. The minimum atomic E-state index is 0. The van der Waals surface area contributed by atoms with Crippen molar-refractivity contribution in [3.63, 3.8) is 0 Å². The molecule has 0 amide bonds. The number of aromatic nitrogens is 2. The third-order valence-electron chi connectivity index (χ3n) is 1.56. The first-order valence-corrected chi connectivity index (χ1v) is 3.66. The lowest BCUT2D eigenvalue weighted by atomic mass is 10.2. The van der Waals surface area contributed by atoms with Gasteiger partial charge in [0.25, 0.3) is 0 Å². The van der Waals surface area contributed by atoms with E-state index in [1.807, 2.05) is 13.8 Å². The molecule has 6 heteroatoms. The van der Waals surface area contributed by atoms with Crippen molar-refractivity contribution >= 4 is 35.5 Å². The van der Waals surface area contributed by atoms with Crippen molar-refractivity contribution in [2.45, 2.75) is 20.3 Å². The highest BCUT2D eigenvalue weighted by Gasteiger charge is 2.12. The van der Waals surface area contributed by atoms with Crippen molar-refractivity contribution in [1.29, 1.82) is 0 Å². The van der Waals surface area contributed by atoms with Crippen LogP contribution in [-0.4, -0.2) is 21.7 Å². The first-order chi connectivity index (χ1) is 5.75. The van der Waals surface area contributed by atoms with Crippen molar-refractivity contribution < 1.29 is 4.63 Å². The number of halogens is 1. The monoisotopic (exact) mass is 200 g/mol. The zero-order valence-electron chi connectivity index (χ0n) is 7.31. The van der Waals surface area contributed by atoms with Crippen LogP contribution < -0.4 is 0 Å². The minimum Gasteiger partial charge on any atom is -0.240 e. The molecule has 1 aliphatic heterocycles. The number of rotatable bonds is 0. The molecule has 0 bridgehead atoms. The highest BCUT2D eigenvalue weighted by atomic mass is 35.5. The molecule has 0 saturated heterocycles. The Kier molecular flexibility index (Phi) is 2.77. The van der Waals surface area contributed by atoms with Crippen LogP contribution in [0.25, 0.3) is 0 Å². The van der Waals surface area contributed by atoms with Crippen LogP contribution in [0, 0.1) is 0 Å². The molecule has 2 heterocycles. The summed E-state index contributed by atoms with van der Waals surface area (Å²) in [6, 6.07) is 0. The van der Waals surface area contributed by atoms with Crippen molar-refractivity contribution in [1.82, 2.24) is 10.3 Å². The minimum absolute atomic E-state index is 0. The molecule has 70 valence electrons. The van der Waals surface area contributed by atoms with Gasteiger partial charge in [-0.3, -0.25) is 0 Å². The van der Waals surface area contributed by atoms with Crippen LogP contribution in [0.4, 0.5) is 11.6 Å². The second kappa shape index (κ2) is 3.66. The summed E-state index contributed by atoms with van der Waals surface area (Å²) >= 11 is 0. The molecule has 2 rings (SSSR count). The third kappa shape index (κ3) is 1.92. The van der Waals surface area contributed by atoms with Gasteiger partial charge in [-0.1, -0.05) is 0 Å². The van der Waals surface area contributed by atoms with Gasteiger partial charge in [0.2, 0.25) is 11.6 Å². The molecule has 0 fully saturated rings. The fourth-order valence-electron chi connectivity index (χ4n) is 1.13. The topological polar surface area (TPSA) is 63.6 Å². The summed E-state index contributed by atoms with van der Waals surface area (Å²) in [5.74, 6) is 0.953. The molecule has 1 aromatic rings. The Balaban J connectivity index is 0.000000845. The van der Waals surface area contributed by atoms with E-state index >= 15 is 0 Å². The molecule has 0 atom stereocenters. The van der Waals surface area contributed by atoms with E-state index in [9.17, 15) is 0 Å². The number of nitrogens with zero attached hydrogens (tertiary/aromatic N) is 4. The summed E-state index contributed by atoms with van der Waals surface area (Å²) in [6.07, 6.45) is 0.776. The van der Waals surface area contributed by atoms with Gasteiger partial charge in [0.1, 0.15) is 0 Å². The van der Waals surface area contributed by atoms with Gasteiger partial charge < -0.3 is 0 Å². The smallest absolute Gasteiger partial charge is 0.240 e. The standard InChI is InChI=1S/C7H8N4O.ClH/c1-4-3-5(2)9-7-6(8-4)10-12-11-7;/h3H2,1-2H3;1H. The molecular weight excluding hydrogens is 192 g/mol. The van der Waals surface area contributed by atoms with Gasteiger partial charge in [-0.05, 0) is 24.2 Å². The van der Waals surface area contributed by atoms with E-state index in [1.54, 1.807) is 0 Å². The van der Waals surface area contributed by atoms with E-state index in [1.165, 1.54) is 0 Å². The quantitative estimate of drug-likeness (QED) is 0.644. The van der Waals surface area contributed by atoms with Gasteiger partial charge in [0.15, 0.2) is 0 Å². The van der Waals surface area contributed by atoms with Gasteiger partial charge in [-0.2, -0.15) is 0 Å². The van der Waals surface area contributed by atoms with Gasteiger partial charge >= 0.3 is 0 Å². The van der Waals surface area contributed by atoms with Crippen LogP contribution in [0.5, 0.6) is 0 Å². The lowest BCUT2D eigenvalue weighted by Gasteiger charge is -1.92. The highest BCUT2D eigenvalue weighted by Crippen LogP contribution is 2.25. The lowest BCUT2D eigenvalue weighted by Crippen LogP contribution is -1.97. The summed E-state index contributed by atoms with van der Waals surface area (Å²) in [5.41, 5.74) is 1.96. The molecule has 0 unspecified atom stereocenters. The van der Waals surface area contributed by atoms with Gasteiger partial charge in [-0.25, -0.2) is 14.6 Å². The third-order valence-corrected chi connectivity index (χ3v) is 1.56. The Labute approximate surface area is 81.3 Å². The summed E-state index contributed by atoms with van der Waals surface area (Å²) in [6.45, 7) is 3.87. The van der Waals surface area contributed by atoms with Crippen molar-refractivity contribution in [2.75, 3.05) is 0 Å². The second-order valence-corrected chi connectivity index (χ2v) is 2.78. The molecule has 0 spiro atoms. The zero-order valence-corrected chi connectivity index (χ0v) is 8.13. The largest absolute Gasteiger partial charge is 0.243 e. The average molecular weight is 201 g/mol. The van der Waals surface area contributed by atoms with Crippen molar-refractivity contribution in [3.8, 4) is 0 Å². The number of aliphatic imine (C=N–C) groups is 2. The van der Waals surface area contributed by atoms with E-state index in [0.717, 1.165) is 17.8 Å². The molecule has 13 heavy (non-hydrogen) atoms. The maximum Gasteiger partial charge on any atom is 0.243 e. The van der Waals surface area contributed by atoms with Crippen molar-refractivity contribution in [3.05, 3.63) is 0 Å². The number of fused-ring (bicyclic) bond motifs is 1. The first-order valence-electron chi connectivity index (χ1n) is 3.66. The zero-order chi connectivity index (χ0) is 8.55. The number of hydrogen-bond donors (Lipinski definition) is 0. The molecule has 0 N–H and O–H groups in total. The fourth-order valence-corrected chi connectivity index (χ4v) is 1.13. The molecule has 1 aliphatic rings. The van der Waals surface area contributed by atoms with E-state index in [2.05, 4.69) is 24.9 Å². The molecule has 1 aromatic heterocycles. The Morgan fingerprint density at radius 3 is 1.92 bits per heavy atom. The van der Waals surface area contributed by atoms with E-state index < -0.39 is 0 Å². The summed E-state index contributed by atoms with van der Waals surface area (Å²) < 4.78 is 4.51. The lowest BCUT2D eigenvalue weighted by molar-refractivity contribution is 0.309. The predicted molar refractivity (Wildman–Crippen MR) is 51.7 cm³/mol. The summed E-state index contributed by atoms with van der Waals surface area (Å²) in [4.78, 5) is 8.37. The van der Waals surface area contributed by atoms with Crippen molar-refractivity contribution in [2.24, 2.45) is 9.98 Å². The molecular formula is C7H9ClN4O.